The second-order valence-electron chi connectivity index (χ2n) is 19.5. The molecular weight excluding hydrogens is 1000 g/mol. The molecule has 0 spiro atoms. The van der Waals surface area contributed by atoms with E-state index in [0.29, 0.717) is 12.8 Å². The highest BCUT2D eigenvalue weighted by atomic mass is 31.2. The zero-order valence-corrected chi connectivity index (χ0v) is 50.4. The summed E-state index contributed by atoms with van der Waals surface area (Å²) >= 11 is 0. The molecule has 0 saturated carbocycles. The van der Waals surface area contributed by atoms with E-state index in [2.05, 4.69) is 172 Å². The molecule has 0 radical (unpaired) electrons. The number of carbonyl (C=O) groups is 2. The van der Waals surface area contributed by atoms with Gasteiger partial charge in [0, 0.05) is 19.4 Å². The molecule has 0 aliphatic rings. The Morgan fingerprint density at radius 1 is 0.380 bits per heavy atom. The van der Waals surface area contributed by atoms with Gasteiger partial charge in [-0.05, 0) is 116 Å². The van der Waals surface area contributed by atoms with E-state index in [1.165, 1.54) is 70.6 Å². The Hall–Kier alpha value is -4.63. The third-order valence-electron chi connectivity index (χ3n) is 12.1. The van der Waals surface area contributed by atoms with Crippen LogP contribution >= 0.6 is 7.82 Å². The molecule has 0 rings (SSSR count). The first-order chi connectivity index (χ1) is 38.8. The Balaban J connectivity index is 4.00. The molecule has 0 aliphatic carbocycles. The van der Waals surface area contributed by atoms with Gasteiger partial charge < -0.3 is 20.1 Å². The molecule has 2 unspecified atom stereocenters. The highest BCUT2D eigenvalue weighted by molar-refractivity contribution is 7.47. The molecule has 0 saturated heterocycles. The van der Waals surface area contributed by atoms with E-state index in [1.54, 1.807) is 0 Å². The van der Waals surface area contributed by atoms with Crippen molar-refractivity contribution < 1.29 is 37.6 Å². The van der Waals surface area contributed by atoms with Gasteiger partial charge in [-0.15, -0.1) is 0 Å². The molecule has 2 atom stereocenters. The van der Waals surface area contributed by atoms with Crippen LogP contribution in [-0.2, 0) is 32.7 Å². The number of ether oxygens (including phenoxy) is 2. The van der Waals surface area contributed by atoms with Crippen LogP contribution in [0.3, 0.4) is 0 Å². The second-order valence-corrected chi connectivity index (χ2v) is 20.9. The van der Waals surface area contributed by atoms with Gasteiger partial charge in [-0.1, -0.05) is 261 Å². The number of hydrogen-bond acceptors (Lipinski definition) is 8. The minimum Gasteiger partial charge on any atom is -0.462 e. The van der Waals surface area contributed by atoms with Crippen molar-refractivity contribution in [3.63, 3.8) is 0 Å². The van der Waals surface area contributed by atoms with Crippen molar-refractivity contribution in [2.24, 2.45) is 5.73 Å². The Kier molecular flexibility index (Phi) is 58.9. The van der Waals surface area contributed by atoms with E-state index in [4.69, 9.17) is 24.3 Å². The van der Waals surface area contributed by atoms with Crippen LogP contribution in [0, 0.1) is 0 Å². The van der Waals surface area contributed by atoms with Gasteiger partial charge in [0.25, 0.3) is 0 Å². The Bertz CT molecular complexity index is 1890. The Morgan fingerprint density at radius 2 is 0.684 bits per heavy atom. The summed E-state index contributed by atoms with van der Waals surface area (Å²) in [5, 5.41) is 0. The normalized spacial score (nSPS) is 14.2. The molecule has 79 heavy (non-hydrogen) atoms. The highest BCUT2D eigenvalue weighted by Gasteiger charge is 2.26. The van der Waals surface area contributed by atoms with E-state index in [9.17, 15) is 19.0 Å². The number of allylic oxidation sites excluding steroid dienone is 28. The van der Waals surface area contributed by atoms with Gasteiger partial charge in [0.2, 0.25) is 0 Å². The number of nitrogens with two attached hydrogens (primary N) is 1. The largest absolute Gasteiger partial charge is 0.472 e. The minimum absolute atomic E-state index is 0.0356. The van der Waals surface area contributed by atoms with E-state index in [-0.39, 0.29) is 32.6 Å². The molecule has 0 aliphatic heterocycles. The SMILES string of the molecule is CC/C=C\C/C=C\C/C=C\C/C=C\C/C=C\C/C=C\C/C=C\C/C=C\CCCCCCCCCCCCCCCCC(=O)OC(COC(=O)CC/C=C\C/C=C\C/C=C\C/C=C\C/C=C\C/C=C\CC)COP(=O)(O)OCCN. The summed E-state index contributed by atoms with van der Waals surface area (Å²) in [7, 11) is -4.42. The lowest BCUT2D eigenvalue weighted by Gasteiger charge is -2.19. The van der Waals surface area contributed by atoms with Gasteiger partial charge >= 0.3 is 19.8 Å². The fourth-order valence-corrected chi connectivity index (χ4v) is 8.44. The number of carbonyl (C=O) groups excluding carboxylic acids is 2. The smallest absolute Gasteiger partial charge is 0.462 e. The number of unbranched alkanes of at least 4 members (excludes halogenated alkanes) is 14. The first kappa shape index (κ1) is 74.4. The predicted octanol–water partition coefficient (Wildman–Crippen LogP) is 19.8. The van der Waals surface area contributed by atoms with Gasteiger partial charge in [0.1, 0.15) is 6.61 Å². The zero-order chi connectivity index (χ0) is 57.3. The number of hydrogen-bond donors (Lipinski definition) is 2. The topological polar surface area (TPSA) is 134 Å². The van der Waals surface area contributed by atoms with Crippen molar-refractivity contribution in [2.45, 2.75) is 225 Å². The summed E-state index contributed by atoms with van der Waals surface area (Å²) in [6.45, 7) is 3.41. The molecule has 0 aromatic heterocycles. The molecule has 0 aromatic rings. The molecule has 10 heteroatoms. The van der Waals surface area contributed by atoms with Crippen molar-refractivity contribution >= 4 is 19.8 Å². The lowest BCUT2D eigenvalue weighted by molar-refractivity contribution is -0.161. The molecule has 444 valence electrons. The molecule has 0 aromatic carbocycles. The highest BCUT2D eigenvalue weighted by Crippen LogP contribution is 2.43. The van der Waals surface area contributed by atoms with Gasteiger partial charge in [-0.3, -0.25) is 18.6 Å². The number of rotatable bonds is 55. The van der Waals surface area contributed by atoms with Gasteiger partial charge in [0.05, 0.1) is 13.2 Å². The van der Waals surface area contributed by atoms with E-state index in [0.717, 1.165) is 109 Å². The number of phosphoric acid groups is 1. The van der Waals surface area contributed by atoms with Crippen LogP contribution < -0.4 is 5.73 Å². The maximum absolute atomic E-state index is 12.7. The Labute approximate surface area is 482 Å². The third-order valence-corrected chi connectivity index (χ3v) is 13.1. The molecular formula is C69H110NO8P. The molecule has 3 N–H and O–H groups in total. The van der Waals surface area contributed by atoms with Crippen molar-refractivity contribution in [3.05, 3.63) is 170 Å². The Morgan fingerprint density at radius 3 is 1.03 bits per heavy atom. The van der Waals surface area contributed by atoms with E-state index in [1.807, 2.05) is 12.2 Å². The summed E-state index contributed by atoms with van der Waals surface area (Å²) < 4.78 is 32.9. The summed E-state index contributed by atoms with van der Waals surface area (Å²) in [6, 6.07) is 0. The van der Waals surface area contributed by atoms with Crippen LogP contribution in [0.25, 0.3) is 0 Å². The fourth-order valence-electron chi connectivity index (χ4n) is 7.68. The quantitative estimate of drug-likeness (QED) is 0.0264. The number of phosphoric ester groups is 1. The minimum atomic E-state index is -4.42. The van der Waals surface area contributed by atoms with Crippen LogP contribution in [0.4, 0.5) is 0 Å². The van der Waals surface area contributed by atoms with Crippen LogP contribution in [0.5, 0.6) is 0 Å². The lowest BCUT2D eigenvalue weighted by atomic mass is 10.0. The average Bonchev–Trinajstić information content (AvgIpc) is 3.44. The lowest BCUT2D eigenvalue weighted by Crippen LogP contribution is -2.29. The molecule has 0 bridgehead atoms. The predicted molar refractivity (Wildman–Crippen MR) is 339 cm³/mol. The fraction of sp³-hybridized carbons (Fsp3) is 0.565. The summed E-state index contributed by atoms with van der Waals surface area (Å²) in [5.41, 5.74) is 5.38. The molecule has 9 nitrogen and oxygen atoms in total. The maximum atomic E-state index is 12.7. The van der Waals surface area contributed by atoms with Crippen LogP contribution in [0.2, 0.25) is 0 Å². The monoisotopic (exact) mass is 1110 g/mol. The van der Waals surface area contributed by atoms with Crippen LogP contribution in [0.1, 0.15) is 219 Å². The summed E-state index contributed by atoms with van der Waals surface area (Å²) in [6.07, 6.45) is 93.0. The van der Waals surface area contributed by atoms with Crippen molar-refractivity contribution in [2.75, 3.05) is 26.4 Å². The van der Waals surface area contributed by atoms with Crippen molar-refractivity contribution in [1.82, 2.24) is 0 Å². The summed E-state index contributed by atoms with van der Waals surface area (Å²) in [4.78, 5) is 35.1. The zero-order valence-electron chi connectivity index (χ0n) is 49.5. The van der Waals surface area contributed by atoms with E-state index < -0.39 is 32.5 Å². The van der Waals surface area contributed by atoms with Crippen LogP contribution in [0.15, 0.2) is 170 Å². The summed E-state index contributed by atoms with van der Waals surface area (Å²) in [5.74, 6) is -0.937. The van der Waals surface area contributed by atoms with Crippen LogP contribution in [-0.4, -0.2) is 49.3 Å². The van der Waals surface area contributed by atoms with Crippen molar-refractivity contribution in [1.29, 1.82) is 0 Å². The standard InChI is InChI=1S/C69H110NO8P/c1-3-5-7-9-11-13-15-17-19-21-23-24-25-26-27-28-29-30-31-32-33-34-35-36-37-38-39-40-41-42-44-46-48-50-52-54-56-58-60-62-69(72)78-67(66-77-79(73,74)76-64-63-70)65-75-68(71)61-59-57-55-53-51-49-47-45-43-22-20-18-16-14-12-10-8-6-4-2/h5-8,11-14,17-20,23-24,26-27,29-30,32-33,35-36,43,45,49,51,55,57,67H,3-4,9-10,15-16,21-22,25,28,31,34,37-42,44,46-48,50,52-54,56,58-66,70H2,1-2H3,(H,73,74)/b7-5-,8-6-,13-11-,14-12-,19-17-,20-18-,24-23-,27-26-,30-29-,33-32-,36-35-,45-43-,51-49-,57-55-. The second kappa shape index (κ2) is 62.6. The molecule has 0 fully saturated rings. The average molecular weight is 1110 g/mol. The maximum Gasteiger partial charge on any atom is 0.472 e. The van der Waals surface area contributed by atoms with Gasteiger partial charge in [-0.2, -0.15) is 0 Å². The van der Waals surface area contributed by atoms with Crippen molar-refractivity contribution in [3.8, 4) is 0 Å². The van der Waals surface area contributed by atoms with Gasteiger partial charge in [0.15, 0.2) is 6.10 Å². The third kappa shape index (κ3) is 62.4. The first-order valence-electron chi connectivity index (χ1n) is 30.6. The van der Waals surface area contributed by atoms with E-state index >= 15 is 0 Å². The molecule has 0 amide bonds. The number of esters is 2. The first-order valence-corrected chi connectivity index (χ1v) is 32.1. The van der Waals surface area contributed by atoms with Gasteiger partial charge in [-0.25, -0.2) is 4.57 Å². The molecule has 0 heterocycles.